The van der Waals surface area contributed by atoms with Crippen LogP contribution in [0.25, 0.3) is 0 Å². The maximum atomic E-state index is 13.0. The third kappa shape index (κ3) is 6.35. The largest absolute Gasteiger partial charge is 0.377 e. The Hall–Kier alpha value is -2.53. The number of likely N-dealkylation sites (tertiary alicyclic amines) is 1. The number of fused-ring (bicyclic) bond motifs is 1. The predicted molar refractivity (Wildman–Crippen MR) is 152 cm³/mol. The predicted octanol–water partition coefficient (Wildman–Crippen LogP) is 1.05. The van der Waals surface area contributed by atoms with E-state index >= 15 is 0 Å². The maximum Gasteiger partial charge on any atom is 0.255 e. The summed E-state index contributed by atoms with van der Waals surface area (Å²) in [5.74, 6) is 0.0467. The van der Waals surface area contributed by atoms with E-state index < -0.39 is 6.04 Å². The van der Waals surface area contributed by atoms with E-state index in [-0.39, 0.29) is 24.1 Å². The zero-order chi connectivity index (χ0) is 27.5. The van der Waals surface area contributed by atoms with Crippen LogP contribution in [0.3, 0.4) is 0 Å². The standard InChI is InChI=1S/C30H44N6O4/c37-28-4-3-27(29(38)32-28)36-21-23-19-24(1-2-26(23)30(36)39)35-15-13-34(14-16-35)20-22-7-11-33(12-8-22)17-18-40-25-5-9-31-10-6-25/h1-2,19,22,25,27,31H,3-18,20-21H2,(H,32,37,38). The topological polar surface area (TPSA) is 97.5 Å². The van der Waals surface area contributed by atoms with Crippen molar-refractivity contribution < 1.29 is 19.1 Å². The summed E-state index contributed by atoms with van der Waals surface area (Å²) < 4.78 is 6.11. The summed E-state index contributed by atoms with van der Waals surface area (Å²) >= 11 is 0. The second kappa shape index (κ2) is 12.5. The van der Waals surface area contributed by atoms with Gasteiger partial charge in [-0.15, -0.1) is 0 Å². The van der Waals surface area contributed by atoms with Gasteiger partial charge in [0.2, 0.25) is 11.8 Å². The molecule has 0 aliphatic carbocycles. The second-order valence-electron chi connectivity index (χ2n) is 12.1. The minimum absolute atomic E-state index is 0.110. The van der Waals surface area contributed by atoms with Gasteiger partial charge in [0.05, 0.1) is 12.7 Å². The molecule has 0 bridgehead atoms. The molecule has 6 rings (SSSR count). The van der Waals surface area contributed by atoms with Crippen LogP contribution in [0.15, 0.2) is 18.2 Å². The number of carbonyl (C=O) groups is 3. The number of amides is 3. The molecule has 4 fully saturated rings. The minimum Gasteiger partial charge on any atom is -0.377 e. The first kappa shape index (κ1) is 27.6. The van der Waals surface area contributed by atoms with Crippen LogP contribution in [0.1, 0.15) is 54.4 Å². The van der Waals surface area contributed by atoms with Crippen LogP contribution >= 0.6 is 0 Å². The smallest absolute Gasteiger partial charge is 0.255 e. The fourth-order valence-electron chi connectivity index (χ4n) is 7.01. The quantitative estimate of drug-likeness (QED) is 0.462. The van der Waals surface area contributed by atoms with Crippen LogP contribution in [0.5, 0.6) is 0 Å². The summed E-state index contributed by atoms with van der Waals surface area (Å²) in [7, 11) is 0. The number of benzene rings is 1. The molecule has 218 valence electrons. The van der Waals surface area contributed by atoms with Crippen molar-refractivity contribution in [3.8, 4) is 0 Å². The highest BCUT2D eigenvalue weighted by Crippen LogP contribution is 2.31. The van der Waals surface area contributed by atoms with Gasteiger partial charge in [-0.25, -0.2) is 0 Å². The van der Waals surface area contributed by atoms with Crippen LogP contribution in [0.4, 0.5) is 5.69 Å². The Morgan fingerprint density at radius 2 is 1.65 bits per heavy atom. The van der Waals surface area contributed by atoms with E-state index in [1.807, 2.05) is 12.1 Å². The molecule has 1 atom stereocenters. The summed E-state index contributed by atoms with van der Waals surface area (Å²) in [6.07, 6.45) is 5.95. The molecule has 1 unspecified atom stereocenters. The molecule has 5 aliphatic heterocycles. The van der Waals surface area contributed by atoms with Gasteiger partial charge in [-0.3, -0.25) is 24.6 Å². The summed E-state index contributed by atoms with van der Waals surface area (Å²) in [5, 5.41) is 5.78. The minimum atomic E-state index is -0.566. The SMILES string of the molecule is O=C1CCC(N2Cc3cc(N4CCN(CC5CCN(CCOC6CCNCC6)CC5)CC4)ccc3C2=O)C(=O)N1. The molecular weight excluding hydrogens is 508 g/mol. The average Bonchev–Trinajstić information content (AvgIpc) is 3.30. The van der Waals surface area contributed by atoms with E-state index in [1.54, 1.807) is 4.90 Å². The van der Waals surface area contributed by atoms with Crippen molar-refractivity contribution in [2.45, 2.75) is 57.2 Å². The Morgan fingerprint density at radius 3 is 2.40 bits per heavy atom. The van der Waals surface area contributed by atoms with Crippen LogP contribution in [0, 0.1) is 5.92 Å². The molecule has 2 N–H and O–H groups in total. The highest BCUT2D eigenvalue weighted by atomic mass is 16.5. The number of rotatable bonds is 8. The number of piperazine rings is 1. The molecule has 0 spiro atoms. The summed E-state index contributed by atoms with van der Waals surface area (Å²) in [4.78, 5) is 46.1. The van der Waals surface area contributed by atoms with E-state index in [9.17, 15) is 14.4 Å². The van der Waals surface area contributed by atoms with Crippen molar-refractivity contribution in [2.75, 3.05) is 77.0 Å². The number of nitrogens with one attached hydrogen (secondary N) is 2. The van der Waals surface area contributed by atoms with Crippen LogP contribution in [0.2, 0.25) is 0 Å². The van der Waals surface area contributed by atoms with Gasteiger partial charge in [-0.1, -0.05) is 0 Å². The Morgan fingerprint density at radius 1 is 0.875 bits per heavy atom. The molecule has 0 radical (unpaired) electrons. The number of nitrogens with zero attached hydrogens (tertiary/aromatic N) is 4. The molecule has 0 aromatic heterocycles. The van der Waals surface area contributed by atoms with E-state index in [2.05, 4.69) is 31.4 Å². The monoisotopic (exact) mass is 552 g/mol. The van der Waals surface area contributed by atoms with Gasteiger partial charge in [-0.2, -0.15) is 0 Å². The van der Waals surface area contributed by atoms with Gasteiger partial charge in [0, 0.05) is 63.5 Å². The number of hydrogen-bond acceptors (Lipinski definition) is 8. The lowest BCUT2D eigenvalue weighted by molar-refractivity contribution is -0.136. The Bertz CT molecular complexity index is 1080. The zero-order valence-electron chi connectivity index (χ0n) is 23.6. The van der Waals surface area contributed by atoms with Crippen molar-refractivity contribution in [1.29, 1.82) is 0 Å². The van der Waals surface area contributed by atoms with Crippen molar-refractivity contribution in [2.24, 2.45) is 5.92 Å². The Labute approximate surface area is 237 Å². The zero-order valence-corrected chi connectivity index (χ0v) is 23.6. The van der Waals surface area contributed by atoms with E-state index in [0.29, 0.717) is 24.6 Å². The maximum absolute atomic E-state index is 13.0. The van der Waals surface area contributed by atoms with Crippen LogP contribution in [-0.4, -0.2) is 117 Å². The fourth-order valence-corrected chi connectivity index (χ4v) is 7.01. The molecule has 1 aromatic rings. The number of piperidine rings is 3. The van der Waals surface area contributed by atoms with Gasteiger partial charge in [-0.05, 0) is 88.0 Å². The molecule has 4 saturated heterocycles. The highest BCUT2D eigenvalue weighted by Gasteiger charge is 2.39. The van der Waals surface area contributed by atoms with Gasteiger partial charge in [0.1, 0.15) is 6.04 Å². The number of hydrogen-bond donors (Lipinski definition) is 2. The second-order valence-corrected chi connectivity index (χ2v) is 12.1. The Kier molecular flexibility index (Phi) is 8.67. The molecule has 1 aromatic carbocycles. The average molecular weight is 553 g/mol. The van der Waals surface area contributed by atoms with Gasteiger partial charge < -0.3 is 24.8 Å². The summed E-state index contributed by atoms with van der Waals surface area (Å²) in [6.45, 7) is 12.2. The van der Waals surface area contributed by atoms with Gasteiger partial charge >= 0.3 is 0 Å². The van der Waals surface area contributed by atoms with E-state index in [0.717, 1.165) is 82.4 Å². The van der Waals surface area contributed by atoms with Crippen LogP contribution in [-0.2, 0) is 20.9 Å². The van der Waals surface area contributed by atoms with E-state index in [4.69, 9.17) is 4.74 Å². The molecule has 3 amide bonds. The van der Waals surface area contributed by atoms with Crippen molar-refractivity contribution in [1.82, 2.24) is 25.3 Å². The molecule has 0 saturated carbocycles. The third-order valence-electron chi connectivity index (χ3n) is 9.52. The first-order valence-corrected chi connectivity index (χ1v) is 15.3. The first-order valence-electron chi connectivity index (χ1n) is 15.3. The molecule has 40 heavy (non-hydrogen) atoms. The molecule has 5 heterocycles. The number of carbonyl (C=O) groups excluding carboxylic acids is 3. The first-order chi connectivity index (χ1) is 19.5. The number of imide groups is 1. The van der Waals surface area contributed by atoms with Crippen molar-refractivity contribution in [3.63, 3.8) is 0 Å². The summed E-state index contributed by atoms with van der Waals surface area (Å²) in [5.41, 5.74) is 2.80. The van der Waals surface area contributed by atoms with Crippen molar-refractivity contribution in [3.05, 3.63) is 29.3 Å². The Balaban J connectivity index is 0.926. The fraction of sp³-hybridized carbons (Fsp3) is 0.700. The van der Waals surface area contributed by atoms with Gasteiger partial charge in [0.25, 0.3) is 5.91 Å². The highest BCUT2D eigenvalue weighted by molar-refractivity contribution is 6.05. The van der Waals surface area contributed by atoms with Gasteiger partial charge in [0.15, 0.2) is 0 Å². The third-order valence-corrected chi connectivity index (χ3v) is 9.52. The molecule has 5 aliphatic rings. The summed E-state index contributed by atoms with van der Waals surface area (Å²) in [6, 6.07) is 5.52. The lowest BCUT2D eigenvalue weighted by atomic mass is 9.96. The van der Waals surface area contributed by atoms with E-state index in [1.165, 1.54) is 32.5 Å². The molecular formula is C30H44N6O4. The lowest BCUT2D eigenvalue weighted by Crippen LogP contribution is -2.52. The van der Waals surface area contributed by atoms with Crippen molar-refractivity contribution >= 4 is 23.4 Å². The van der Waals surface area contributed by atoms with Crippen LogP contribution < -0.4 is 15.5 Å². The lowest BCUT2D eigenvalue weighted by Gasteiger charge is -2.39. The number of anilines is 1. The molecule has 10 heteroatoms. The normalized spacial score (nSPS) is 25.9. The number of ether oxygens (including phenoxy) is 1. The molecule has 10 nitrogen and oxygen atoms in total.